The van der Waals surface area contributed by atoms with Crippen molar-refractivity contribution in [1.29, 1.82) is 0 Å². The fourth-order valence-electron chi connectivity index (χ4n) is 1.31. The molecule has 15 heavy (non-hydrogen) atoms. The molecule has 0 heterocycles. The Morgan fingerprint density at radius 2 is 1.67 bits per heavy atom. The highest BCUT2D eigenvalue weighted by molar-refractivity contribution is 6.65. The Hall–Kier alpha value is -0.713. The average molecular weight is 228 g/mol. The molecule has 0 atom stereocenters. The van der Waals surface area contributed by atoms with Gasteiger partial charge in [-0.2, -0.15) is 0 Å². The van der Waals surface area contributed by atoms with Gasteiger partial charge in [0.05, 0.1) is 0 Å². The van der Waals surface area contributed by atoms with Gasteiger partial charge in [-0.25, -0.2) is 4.39 Å². The molecule has 2 nitrogen and oxygen atoms in total. The van der Waals surface area contributed by atoms with Gasteiger partial charge in [0.15, 0.2) is 0 Å². The van der Waals surface area contributed by atoms with Crippen LogP contribution in [0, 0.1) is 5.82 Å². The molecule has 0 saturated carbocycles. The minimum atomic E-state index is -1.99. The predicted octanol–water partition coefficient (Wildman–Crippen LogP) is 2.73. The van der Waals surface area contributed by atoms with E-state index in [9.17, 15) is 4.39 Å². The van der Waals surface area contributed by atoms with Crippen LogP contribution in [0.25, 0.3) is 0 Å². The second kappa shape index (κ2) is 5.39. The van der Waals surface area contributed by atoms with Crippen molar-refractivity contribution in [2.24, 2.45) is 0 Å². The second-order valence-electron chi connectivity index (χ2n) is 3.67. The van der Waals surface area contributed by atoms with Crippen molar-refractivity contribution in [3.63, 3.8) is 0 Å². The third-order valence-corrected chi connectivity index (χ3v) is 5.53. The van der Waals surface area contributed by atoms with Crippen LogP contribution in [0.3, 0.4) is 0 Å². The number of hydrogen-bond acceptors (Lipinski definition) is 2. The summed E-state index contributed by atoms with van der Waals surface area (Å²) >= 11 is 0. The van der Waals surface area contributed by atoms with Gasteiger partial charge in [0.2, 0.25) is 0 Å². The molecule has 0 N–H and O–H groups in total. The van der Waals surface area contributed by atoms with Gasteiger partial charge in [-0.3, -0.25) is 0 Å². The van der Waals surface area contributed by atoms with Crippen LogP contribution in [-0.4, -0.2) is 22.8 Å². The Morgan fingerprint density at radius 3 is 2.13 bits per heavy atom. The van der Waals surface area contributed by atoms with E-state index in [2.05, 4.69) is 0 Å². The van der Waals surface area contributed by atoms with Gasteiger partial charge in [0, 0.05) is 14.2 Å². The molecule has 0 aliphatic rings. The molecule has 0 unspecified atom stereocenters. The first kappa shape index (κ1) is 12.4. The minimum absolute atomic E-state index is 0.197. The molecule has 1 rings (SSSR count). The fourth-order valence-corrected chi connectivity index (χ4v) is 2.63. The summed E-state index contributed by atoms with van der Waals surface area (Å²) in [5.41, 5.74) is 1.12. The molecule has 84 valence electrons. The van der Waals surface area contributed by atoms with Gasteiger partial charge in [-0.1, -0.05) is 12.1 Å². The van der Waals surface area contributed by atoms with E-state index < -0.39 is 8.56 Å². The maximum Gasteiger partial charge on any atom is 0.334 e. The molecule has 0 saturated heterocycles. The monoisotopic (exact) mass is 228 g/mol. The highest BCUT2D eigenvalue weighted by Gasteiger charge is 2.27. The smallest absolute Gasteiger partial charge is 0.334 e. The van der Waals surface area contributed by atoms with E-state index in [0.717, 1.165) is 18.0 Å². The summed E-state index contributed by atoms with van der Waals surface area (Å²) < 4.78 is 23.4. The molecule has 0 aliphatic heterocycles. The normalized spacial score (nSPS) is 11.7. The van der Waals surface area contributed by atoms with Crippen molar-refractivity contribution in [3.05, 3.63) is 35.6 Å². The molecular formula is C11H17FO2Si. The summed E-state index contributed by atoms with van der Waals surface area (Å²) in [6.07, 6.45) is 0.866. The van der Waals surface area contributed by atoms with E-state index in [0.29, 0.717) is 0 Å². The summed E-state index contributed by atoms with van der Waals surface area (Å²) in [6.45, 7) is 2.02. The summed E-state index contributed by atoms with van der Waals surface area (Å²) in [7, 11) is 1.37. The zero-order valence-corrected chi connectivity index (χ0v) is 10.4. The summed E-state index contributed by atoms with van der Waals surface area (Å²) in [6, 6.07) is 7.44. The van der Waals surface area contributed by atoms with Crippen molar-refractivity contribution >= 4 is 8.56 Å². The fraction of sp³-hybridized carbons (Fsp3) is 0.455. The van der Waals surface area contributed by atoms with Gasteiger partial charge >= 0.3 is 8.56 Å². The SMILES string of the molecule is CO[Si](C)(CCc1ccc(F)cc1)OC. The lowest BCUT2D eigenvalue weighted by Gasteiger charge is -2.22. The summed E-state index contributed by atoms with van der Waals surface area (Å²) in [5.74, 6) is -0.197. The van der Waals surface area contributed by atoms with E-state index >= 15 is 0 Å². The molecule has 0 fully saturated rings. The Labute approximate surface area is 91.3 Å². The van der Waals surface area contributed by atoms with Crippen LogP contribution >= 0.6 is 0 Å². The molecule has 0 bridgehead atoms. The Morgan fingerprint density at radius 1 is 1.13 bits per heavy atom. The van der Waals surface area contributed by atoms with Gasteiger partial charge in [-0.15, -0.1) is 0 Å². The van der Waals surface area contributed by atoms with Crippen molar-refractivity contribution < 1.29 is 13.2 Å². The Kier molecular flexibility index (Phi) is 4.44. The molecule has 0 amide bonds. The first-order valence-electron chi connectivity index (χ1n) is 4.94. The topological polar surface area (TPSA) is 18.5 Å². The Balaban J connectivity index is 2.53. The van der Waals surface area contributed by atoms with E-state index in [4.69, 9.17) is 8.85 Å². The first-order chi connectivity index (χ1) is 7.09. The van der Waals surface area contributed by atoms with Crippen LogP contribution in [-0.2, 0) is 15.3 Å². The first-order valence-corrected chi connectivity index (χ1v) is 7.47. The average Bonchev–Trinajstić information content (AvgIpc) is 2.28. The van der Waals surface area contributed by atoms with E-state index in [1.165, 1.54) is 12.1 Å². The minimum Gasteiger partial charge on any atom is -0.398 e. The predicted molar refractivity (Wildman–Crippen MR) is 60.5 cm³/mol. The third-order valence-electron chi connectivity index (χ3n) is 2.64. The number of rotatable bonds is 5. The van der Waals surface area contributed by atoms with E-state index in [1.807, 2.05) is 6.55 Å². The third kappa shape index (κ3) is 3.74. The zero-order valence-electron chi connectivity index (χ0n) is 9.42. The van der Waals surface area contributed by atoms with Crippen LogP contribution in [0.15, 0.2) is 24.3 Å². The Bertz CT molecular complexity index is 296. The lowest BCUT2D eigenvalue weighted by Crippen LogP contribution is -2.36. The van der Waals surface area contributed by atoms with Crippen molar-refractivity contribution in [2.45, 2.75) is 19.0 Å². The van der Waals surface area contributed by atoms with Crippen LogP contribution < -0.4 is 0 Å². The van der Waals surface area contributed by atoms with E-state index in [-0.39, 0.29) is 5.82 Å². The number of hydrogen-bond donors (Lipinski definition) is 0. The molecule has 0 aromatic heterocycles. The van der Waals surface area contributed by atoms with Crippen molar-refractivity contribution in [1.82, 2.24) is 0 Å². The zero-order chi connectivity index (χ0) is 11.3. The summed E-state index contributed by atoms with van der Waals surface area (Å²) in [4.78, 5) is 0. The van der Waals surface area contributed by atoms with Crippen LogP contribution in [0.1, 0.15) is 5.56 Å². The molecule has 1 aromatic rings. The second-order valence-corrected chi connectivity index (χ2v) is 7.25. The number of aryl methyl sites for hydroxylation is 1. The lowest BCUT2D eigenvalue weighted by atomic mass is 10.2. The van der Waals surface area contributed by atoms with Gasteiger partial charge in [0.1, 0.15) is 5.82 Å². The molecular weight excluding hydrogens is 211 g/mol. The van der Waals surface area contributed by atoms with Crippen LogP contribution in [0.2, 0.25) is 12.6 Å². The number of halogens is 1. The highest BCUT2D eigenvalue weighted by atomic mass is 28.4. The highest BCUT2D eigenvalue weighted by Crippen LogP contribution is 2.15. The van der Waals surface area contributed by atoms with Crippen LogP contribution in [0.5, 0.6) is 0 Å². The van der Waals surface area contributed by atoms with Crippen LogP contribution in [0.4, 0.5) is 4.39 Å². The van der Waals surface area contributed by atoms with E-state index in [1.54, 1.807) is 26.4 Å². The molecule has 0 spiro atoms. The molecule has 0 radical (unpaired) electrons. The largest absolute Gasteiger partial charge is 0.398 e. The molecule has 1 aromatic carbocycles. The van der Waals surface area contributed by atoms with Crippen molar-refractivity contribution in [3.8, 4) is 0 Å². The summed E-state index contributed by atoms with van der Waals surface area (Å²) in [5, 5.41) is 0. The molecule has 0 aliphatic carbocycles. The quantitative estimate of drug-likeness (QED) is 0.721. The van der Waals surface area contributed by atoms with Gasteiger partial charge in [0.25, 0.3) is 0 Å². The maximum absolute atomic E-state index is 12.7. The standard InChI is InChI=1S/C11H17FO2Si/c1-13-15(3,14-2)9-8-10-4-6-11(12)7-5-10/h4-7H,8-9H2,1-3H3. The number of benzene rings is 1. The molecule has 4 heteroatoms. The van der Waals surface area contributed by atoms with Gasteiger partial charge in [-0.05, 0) is 36.7 Å². The van der Waals surface area contributed by atoms with Gasteiger partial charge < -0.3 is 8.85 Å². The van der Waals surface area contributed by atoms with Crippen molar-refractivity contribution in [2.75, 3.05) is 14.2 Å². The maximum atomic E-state index is 12.7. The lowest BCUT2D eigenvalue weighted by molar-refractivity contribution is 0.249.